The summed E-state index contributed by atoms with van der Waals surface area (Å²) in [5, 5.41) is 0.745. The van der Waals surface area contributed by atoms with Gasteiger partial charge in [-0.1, -0.05) is 50.4 Å². The van der Waals surface area contributed by atoms with E-state index in [0.29, 0.717) is 29.6 Å². The third-order valence-electron chi connectivity index (χ3n) is 6.05. The second-order valence-corrected chi connectivity index (χ2v) is 11.6. The van der Waals surface area contributed by atoms with Gasteiger partial charge in [0.25, 0.3) is 0 Å². The van der Waals surface area contributed by atoms with E-state index in [1.54, 1.807) is 32.9 Å². The number of alkyl halides is 3. The fraction of sp³-hybridized carbons (Fsp3) is 0.467. The Bertz CT molecular complexity index is 1350. The molecule has 0 unspecified atom stereocenters. The minimum Gasteiger partial charge on any atom is -0.493 e. The van der Waals surface area contributed by atoms with Gasteiger partial charge in [0.05, 0.1) is 17.9 Å². The highest BCUT2D eigenvalue weighted by Gasteiger charge is 2.37. The van der Waals surface area contributed by atoms with Gasteiger partial charge in [0.2, 0.25) is 10.3 Å². The Labute approximate surface area is 252 Å². The molecule has 43 heavy (non-hydrogen) atoms. The van der Waals surface area contributed by atoms with Crippen LogP contribution in [-0.4, -0.2) is 46.1 Å². The zero-order valence-corrected chi connectivity index (χ0v) is 25.4. The Morgan fingerprint density at radius 1 is 1.07 bits per heavy atom. The fourth-order valence-corrected chi connectivity index (χ4v) is 4.95. The molecule has 2 heterocycles. The summed E-state index contributed by atoms with van der Waals surface area (Å²) in [6, 6.07) is 6.35. The maximum absolute atomic E-state index is 15.2. The predicted molar refractivity (Wildman–Crippen MR) is 157 cm³/mol. The lowest BCUT2D eigenvalue weighted by Gasteiger charge is -2.35. The van der Waals surface area contributed by atoms with Gasteiger partial charge in [0.15, 0.2) is 0 Å². The lowest BCUT2D eigenvalue weighted by Crippen LogP contribution is -2.47. The largest absolute Gasteiger partial charge is 0.493 e. The van der Waals surface area contributed by atoms with E-state index in [1.807, 2.05) is 0 Å². The highest BCUT2D eigenvalue weighted by atomic mass is 32.1. The molecular formula is C30H36F4N4O4S. The number of benzene rings is 1. The summed E-state index contributed by atoms with van der Waals surface area (Å²) < 4.78 is 69.0. The SMILES string of the molecule is CCCCCCCCOc1ccc(N(c2nc(-c3cccnc3)c(F)s2)N(CC=O)C(=O)OC(C)(C)C)cc1C(F)(F)F. The van der Waals surface area contributed by atoms with Gasteiger partial charge in [-0.05, 0) is 57.5 Å². The van der Waals surface area contributed by atoms with E-state index in [-0.39, 0.29) is 28.9 Å². The van der Waals surface area contributed by atoms with Crippen LogP contribution in [0.5, 0.6) is 5.75 Å². The number of hydrogen-bond donors (Lipinski definition) is 0. The Morgan fingerprint density at radius 2 is 1.79 bits per heavy atom. The number of hydrazine groups is 1. The average Bonchev–Trinajstić information content (AvgIpc) is 3.32. The summed E-state index contributed by atoms with van der Waals surface area (Å²) in [7, 11) is 0. The molecule has 0 bridgehead atoms. The zero-order valence-electron chi connectivity index (χ0n) is 24.6. The molecule has 0 saturated carbocycles. The summed E-state index contributed by atoms with van der Waals surface area (Å²) >= 11 is 0.487. The number of halogens is 4. The van der Waals surface area contributed by atoms with Crippen LogP contribution in [0.3, 0.4) is 0 Å². The van der Waals surface area contributed by atoms with Gasteiger partial charge in [-0.25, -0.2) is 19.8 Å². The third-order valence-corrected chi connectivity index (χ3v) is 6.87. The van der Waals surface area contributed by atoms with E-state index in [9.17, 15) is 22.8 Å². The molecule has 3 aromatic rings. The van der Waals surface area contributed by atoms with Crippen LogP contribution in [0.25, 0.3) is 11.3 Å². The first kappa shape index (κ1) is 33.8. The number of ether oxygens (including phenoxy) is 2. The number of pyridine rings is 1. The molecule has 0 radical (unpaired) electrons. The first-order chi connectivity index (χ1) is 20.4. The van der Waals surface area contributed by atoms with Crippen LogP contribution in [0.2, 0.25) is 0 Å². The number of unbranched alkanes of at least 4 members (excludes halogenated alkanes) is 5. The molecule has 0 fully saturated rings. The maximum Gasteiger partial charge on any atom is 0.430 e. The van der Waals surface area contributed by atoms with Gasteiger partial charge in [-0.2, -0.15) is 17.6 Å². The molecule has 0 aliphatic rings. The number of anilines is 2. The summed E-state index contributed by atoms with van der Waals surface area (Å²) in [4.78, 5) is 33.2. The molecule has 234 valence electrons. The minimum atomic E-state index is -4.82. The van der Waals surface area contributed by atoms with Crippen LogP contribution >= 0.6 is 11.3 Å². The number of aromatic nitrogens is 2. The Balaban J connectivity index is 2.06. The third kappa shape index (κ3) is 9.63. The maximum atomic E-state index is 15.2. The number of carbonyl (C=O) groups is 2. The molecule has 0 atom stereocenters. The van der Waals surface area contributed by atoms with Crippen molar-refractivity contribution in [1.82, 2.24) is 15.0 Å². The van der Waals surface area contributed by atoms with Crippen molar-refractivity contribution < 1.29 is 36.6 Å². The highest BCUT2D eigenvalue weighted by Crippen LogP contribution is 2.42. The van der Waals surface area contributed by atoms with E-state index in [4.69, 9.17) is 9.47 Å². The molecule has 8 nitrogen and oxygen atoms in total. The predicted octanol–water partition coefficient (Wildman–Crippen LogP) is 8.59. The quantitative estimate of drug-likeness (QED) is 0.0769. The van der Waals surface area contributed by atoms with Crippen molar-refractivity contribution in [1.29, 1.82) is 0 Å². The molecule has 0 N–H and O–H groups in total. The van der Waals surface area contributed by atoms with E-state index >= 15 is 4.39 Å². The molecule has 1 aromatic carbocycles. The summed E-state index contributed by atoms with van der Waals surface area (Å²) in [5.74, 6) is -0.384. The van der Waals surface area contributed by atoms with E-state index in [0.717, 1.165) is 54.3 Å². The minimum absolute atomic E-state index is 0.0968. The number of rotatable bonds is 14. The number of aldehydes is 1. The van der Waals surface area contributed by atoms with Gasteiger partial charge in [0.1, 0.15) is 29.9 Å². The summed E-state index contributed by atoms with van der Waals surface area (Å²) in [6.07, 6.45) is 3.03. The van der Waals surface area contributed by atoms with Gasteiger partial charge in [-0.3, -0.25) is 4.98 Å². The van der Waals surface area contributed by atoms with Gasteiger partial charge < -0.3 is 14.3 Å². The van der Waals surface area contributed by atoms with Crippen LogP contribution in [0, 0.1) is 5.13 Å². The van der Waals surface area contributed by atoms with Crippen LogP contribution in [0.1, 0.15) is 71.8 Å². The normalized spacial score (nSPS) is 11.7. The van der Waals surface area contributed by atoms with E-state index < -0.39 is 35.1 Å². The monoisotopic (exact) mass is 624 g/mol. The van der Waals surface area contributed by atoms with Crippen LogP contribution in [0.4, 0.5) is 33.2 Å². The summed E-state index contributed by atoms with van der Waals surface area (Å²) in [5.41, 5.74) is -2.12. The molecule has 0 aliphatic carbocycles. The van der Waals surface area contributed by atoms with Crippen molar-refractivity contribution in [2.45, 2.75) is 78.0 Å². The molecule has 3 rings (SSSR count). The average molecular weight is 625 g/mol. The lowest BCUT2D eigenvalue weighted by molar-refractivity contribution is -0.139. The van der Waals surface area contributed by atoms with Crippen molar-refractivity contribution in [3.8, 4) is 17.0 Å². The van der Waals surface area contributed by atoms with Crippen molar-refractivity contribution in [2.75, 3.05) is 18.2 Å². The van der Waals surface area contributed by atoms with Crippen LogP contribution in [-0.2, 0) is 15.7 Å². The Hall–Kier alpha value is -3.74. The van der Waals surface area contributed by atoms with Gasteiger partial charge >= 0.3 is 12.3 Å². The second kappa shape index (κ2) is 15.1. The highest BCUT2D eigenvalue weighted by molar-refractivity contribution is 7.14. The second-order valence-electron chi connectivity index (χ2n) is 10.7. The van der Waals surface area contributed by atoms with Gasteiger partial charge in [0, 0.05) is 18.0 Å². The topological polar surface area (TPSA) is 84.9 Å². The van der Waals surface area contributed by atoms with Crippen molar-refractivity contribution in [3.05, 3.63) is 53.4 Å². The van der Waals surface area contributed by atoms with E-state index in [2.05, 4.69) is 16.9 Å². The smallest absolute Gasteiger partial charge is 0.430 e. The molecule has 0 saturated heterocycles. The standard InChI is InChI=1S/C30H36F4N4O4S/c1-5-6-7-8-9-10-18-41-24-14-13-22(19-23(24)30(32,33)34)38(37(16-17-39)28(40)42-29(2,3)4)27-36-25(26(31)43-27)21-12-11-15-35-20-21/h11-15,17,19-20H,5-10,16,18H2,1-4H3. The van der Waals surface area contributed by atoms with Crippen LogP contribution in [0.15, 0.2) is 42.7 Å². The van der Waals surface area contributed by atoms with E-state index in [1.165, 1.54) is 18.5 Å². The molecule has 0 spiro atoms. The number of nitrogens with zero attached hydrogens (tertiary/aromatic N) is 4. The molecular weight excluding hydrogens is 588 g/mol. The first-order valence-corrected chi connectivity index (χ1v) is 14.8. The van der Waals surface area contributed by atoms with Crippen molar-refractivity contribution >= 4 is 34.5 Å². The molecule has 13 heteroatoms. The number of carbonyl (C=O) groups excluding carboxylic acids is 2. The molecule has 2 aromatic heterocycles. The zero-order chi connectivity index (χ0) is 31.6. The number of hydrogen-bond acceptors (Lipinski definition) is 8. The number of thiazole rings is 1. The van der Waals surface area contributed by atoms with Crippen molar-refractivity contribution in [2.24, 2.45) is 0 Å². The Kier molecular flexibility index (Phi) is 11.9. The first-order valence-electron chi connectivity index (χ1n) is 14.0. The van der Waals surface area contributed by atoms with Gasteiger partial charge in [-0.15, -0.1) is 0 Å². The van der Waals surface area contributed by atoms with Crippen molar-refractivity contribution in [3.63, 3.8) is 0 Å². The molecule has 0 aliphatic heterocycles. The Morgan fingerprint density at radius 3 is 2.42 bits per heavy atom. The molecule has 1 amide bonds. The summed E-state index contributed by atoms with van der Waals surface area (Å²) in [6.45, 7) is 6.36. The fourth-order valence-electron chi connectivity index (χ4n) is 4.10. The van der Waals surface area contributed by atoms with Crippen LogP contribution < -0.4 is 9.75 Å². The lowest BCUT2D eigenvalue weighted by atomic mass is 10.1. The number of amides is 1.